The molecule has 0 aromatic carbocycles. The van der Waals surface area contributed by atoms with E-state index in [0.29, 0.717) is 0 Å². The lowest BCUT2D eigenvalue weighted by Crippen LogP contribution is -2.33. The molecule has 1 saturated carbocycles. The van der Waals surface area contributed by atoms with Gasteiger partial charge in [-0.1, -0.05) is 6.42 Å². The van der Waals surface area contributed by atoms with Crippen LogP contribution >= 0.6 is 11.8 Å². The summed E-state index contributed by atoms with van der Waals surface area (Å²) in [6, 6.07) is 0. The number of carbonyl (C=O) groups is 1. The highest BCUT2D eigenvalue weighted by Crippen LogP contribution is 2.46. The normalized spacial score (nSPS) is 32.8. The molecule has 1 aliphatic carbocycles. The maximum absolute atomic E-state index is 10.9. The first-order valence-electron chi connectivity index (χ1n) is 4.93. The zero-order chi connectivity index (χ0) is 8.44. The first-order valence-corrected chi connectivity index (χ1v) is 5.97. The molecular formula is C10H16OS. The molecule has 0 aromatic heterocycles. The van der Waals surface area contributed by atoms with Crippen LogP contribution in [0.2, 0.25) is 0 Å². The number of rotatable bonds is 3. The molecule has 1 atom stereocenters. The van der Waals surface area contributed by atoms with Crippen molar-refractivity contribution >= 4 is 18.0 Å². The van der Waals surface area contributed by atoms with Gasteiger partial charge in [0.25, 0.3) is 0 Å². The van der Waals surface area contributed by atoms with Gasteiger partial charge in [0.1, 0.15) is 6.29 Å². The van der Waals surface area contributed by atoms with Crippen molar-refractivity contribution in [3.8, 4) is 0 Å². The van der Waals surface area contributed by atoms with Crippen LogP contribution in [0, 0.1) is 5.41 Å². The zero-order valence-corrected chi connectivity index (χ0v) is 8.24. The molecule has 1 saturated heterocycles. The minimum Gasteiger partial charge on any atom is -0.303 e. The van der Waals surface area contributed by atoms with Crippen LogP contribution < -0.4 is 0 Å². The molecule has 68 valence electrons. The fourth-order valence-corrected chi connectivity index (χ4v) is 3.71. The second-order valence-corrected chi connectivity index (χ2v) is 5.58. The van der Waals surface area contributed by atoms with Gasteiger partial charge < -0.3 is 4.79 Å². The van der Waals surface area contributed by atoms with E-state index >= 15 is 0 Å². The van der Waals surface area contributed by atoms with Crippen molar-refractivity contribution < 1.29 is 4.79 Å². The summed E-state index contributed by atoms with van der Waals surface area (Å²) < 4.78 is 0. The maximum Gasteiger partial charge on any atom is 0.126 e. The summed E-state index contributed by atoms with van der Waals surface area (Å²) in [4.78, 5) is 10.9. The van der Waals surface area contributed by atoms with Crippen LogP contribution in [0.15, 0.2) is 0 Å². The van der Waals surface area contributed by atoms with Crippen LogP contribution in [0.4, 0.5) is 0 Å². The van der Waals surface area contributed by atoms with Crippen LogP contribution in [-0.2, 0) is 4.79 Å². The van der Waals surface area contributed by atoms with Crippen molar-refractivity contribution in [1.82, 2.24) is 0 Å². The van der Waals surface area contributed by atoms with E-state index < -0.39 is 0 Å². The fraction of sp³-hybridized carbons (Fsp3) is 0.900. The highest BCUT2D eigenvalue weighted by atomic mass is 32.2. The van der Waals surface area contributed by atoms with Gasteiger partial charge in [0, 0.05) is 10.7 Å². The Morgan fingerprint density at radius 2 is 2.25 bits per heavy atom. The predicted octanol–water partition coefficient (Wildman–Crippen LogP) is 2.64. The van der Waals surface area contributed by atoms with Gasteiger partial charge in [-0.15, -0.1) is 0 Å². The molecule has 0 aromatic rings. The van der Waals surface area contributed by atoms with E-state index in [2.05, 4.69) is 11.8 Å². The molecule has 0 radical (unpaired) electrons. The molecular weight excluding hydrogens is 168 g/mol. The minimum atomic E-state index is 0.127. The zero-order valence-electron chi connectivity index (χ0n) is 7.42. The number of aldehydes is 1. The summed E-state index contributed by atoms with van der Waals surface area (Å²) in [5.74, 6) is 1.32. The van der Waals surface area contributed by atoms with Gasteiger partial charge in [0.15, 0.2) is 0 Å². The lowest BCUT2D eigenvalue weighted by atomic mass is 9.67. The summed E-state index contributed by atoms with van der Waals surface area (Å²) >= 11 is 2.07. The molecule has 2 fully saturated rings. The highest BCUT2D eigenvalue weighted by Gasteiger charge is 2.39. The van der Waals surface area contributed by atoms with Gasteiger partial charge in [-0.05, 0) is 37.9 Å². The van der Waals surface area contributed by atoms with E-state index in [4.69, 9.17) is 0 Å². The highest BCUT2D eigenvalue weighted by molar-refractivity contribution is 8.00. The SMILES string of the molecule is O=CC1(CC2CCCS2)CCC1. The Kier molecular flexibility index (Phi) is 2.44. The third-order valence-electron chi connectivity index (χ3n) is 3.26. The molecule has 1 unspecified atom stereocenters. The summed E-state index contributed by atoms with van der Waals surface area (Å²) in [6.45, 7) is 0. The molecule has 0 bridgehead atoms. The number of carbonyl (C=O) groups excluding carboxylic acids is 1. The Hall–Kier alpha value is 0.0200. The molecule has 2 aliphatic rings. The van der Waals surface area contributed by atoms with Gasteiger partial charge in [0.05, 0.1) is 0 Å². The van der Waals surface area contributed by atoms with Gasteiger partial charge in [-0.3, -0.25) is 0 Å². The predicted molar refractivity (Wildman–Crippen MR) is 52.4 cm³/mol. The quantitative estimate of drug-likeness (QED) is 0.627. The Morgan fingerprint density at radius 3 is 2.67 bits per heavy atom. The van der Waals surface area contributed by atoms with Crippen LogP contribution in [0.1, 0.15) is 38.5 Å². The van der Waals surface area contributed by atoms with Crippen molar-refractivity contribution in [2.45, 2.75) is 43.8 Å². The van der Waals surface area contributed by atoms with Crippen molar-refractivity contribution in [3.63, 3.8) is 0 Å². The summed E-state index contributed by atoms with van der Waals surface area (Å²) in [7, 11) is 0. The van der Waals surface area contributed by atoms with Crippen molar-refractivity contribution in [2.24, 2.45) is 5.41 Å². The van der Waals surface area contributed by atoms with Crippen LogP contribution in [-0.4, -0.2) is 17.3 Å². The second kappa shape index (κ2) is 3.41. The molecule has 12 heavy (non-hydrogen) atoms. The van der Waals surface area contributed by atoms with E-state index in [-0.39, 0.29) is 5.41 Å². The van der Waals surface area contributed by atoms with E-state index in [0.717, 1.165) is 18.1 Å². The van der Waals surface area contributed by atoms with E-state index in [1.54, 1.807) is 0 Å². The van der Waals surface area contributed by atoms with Crippen molar-refractivity contribution in [1.29, 1.82) is 0 Å². The summed E-state index contributed by atoms with van der Waals surface area (Å²) in [5.41, 5.74) is 0.127. The number of hydrogen-bond donors (Lipinski definition) is 0. The number of hydrogen-bond acceptors (Lipinski definition) is 2. The molecule has 0 spiro atoms. The Bertz CT molecular complexity index is 169. The second-order valence-electron chi connectivity index (χ2n) is 4.17. The lowest BCUT2D eigenvalue weighted by Gasteiger charge is -2.38. The molecule has 1 nitrogen and oxygen atoms in total. The van der Waals surface area contributed by atoms with E-state index in [1.807, 2.05) is 0 Å². The minimum absolute atomic E-state index is 0.127. The smallest absolute Gasteiger partial charge is 0.126 e. The van der Waals surface area contributed by atoms with Gasteiger partial charge in [0.2, 0.25) is 0 Å². The first-order chi connectivity index (χ1) is 5.85. The van der Waals surface area contributed by atoms with Crippen LogP contribution in [0.5, 0.6) is 0 Å². The van der Waals surface area contributed by atoms with Crippen molar-refractivity contribution in [2.75, 3.05) is 5.75 Å². The Balaban J connectivity index is 1.87. The largest absolute Gasteiger partial charge is 0.303 e. The van der Waals surface area contributed by atoms with Gasteiger partial charge >= 0.3 is 0 Å². The lowest BCUT2D eigenvalue weighted by molar-refractivity contribution is -0.120. The molecule has 0 N–H and O–H groups in total. The topological polar surface area (TPSA) is 17.1 Å². The molecule has 2 rings (SSSR count). The molecule has 0 amide bonds. The van der Waals surface area contributed by atoms with E-state index in [1.165, 1.54) is 37.7 Å². The average molecular weight is 184 g/mol. The standard InChI is InChI=1S/C10H16OS/c11-8-10(4-2-5-10)7-9-3-1-6-12-9/h8-9H,1-7H2. The van der Waals surface area contributed by atoms with Gasteiger partial charge in [-0.25, -0.2) is 0 Å². The Labute approximate surface area is 78.3 Å². The van der Waals surface area contributed by atoms with Gasteiger partial charge in [-0.2, -0.15) is 11.8 Å². The Morgan fingerprint density at radius 1 is 1.42 bits per heavy atom. The average Bonchev–Trinajstić information content (AvgIpc) is 2.49. The summed E-state index contributed by atoms with van der Waals surface area (Å²) in [6.07, 6.45) is 8.71. The number of thioether (sulfide) groups is 1. The van der Waals surface area contributed by atoms with Crippen molar-refractivity contribution in [3.05, 3.63) is 0 Å². The van der Waals surface area contributed by atoms with E-state index in [9.17, 15) is 4.79 Å². The maximum atomic E-state index is 10.9. The summed E-state index contributed by atoms with van der Waals surface area (Å²) in [5, 5.41) is 0.801. The molecule has 2 heteroatoms. The monoisotopic (exact) mass is 184 g/mol. The third-order valence-corrected chi connectivity index (χ3v) is 4.66. The molecule has 1 aliphatic heterocycles. The fourth-order valence-electron chi connectivity index (χ4n) is 2.26. The molecule has 1 heterocycles. The van der Waals surface area contributed by atoms with Crippen LogP contribution in [0.25, 0.3) is 0 Å². The van der Waals surface area contributed by atoms with Crippen LogP contribution in [0.3, 0.4) is 0 Å². The third kappa shape index (κ3) is 1.54. The first kappa shape index (κ1) is 8.61.